The van der Waals surface area contributed by atoms with Crippen LogP contribution in [0.25, 0.3) is 6.08 Å². The predicted octanol–water partition coefficient (Wildman–Crippen LogP) is 4.71. The predicted molar refractivity (Wildman–Crippen MR) is 82.8 cm³/mol. The molecule has 20 heavy (non-hydrogen) atoms. The molecule has 1 nitrogen and oxygen atoms in total. The Labute approximate surface area is 120 Å². The minimum atomic E-state index is -0.0303. The molecule has 3 rings (SSSR count). The number of fused-ring (bicyclic) bond motifs is 1. The highest BCUT2D eigenvalue weighted by Gasteiger charge is 2.31. The molecule has 0 N–H and O–H groups in total. The van der Waals surface area contributed by atoms with E-state index in [1.165, 1.54) is 16.7 Å². The smallest absolute Gasteiger partial charge is 0.166 e. The van der Waals surface area contributed by atoms with Crippen molar-refractivity contribution in [1.29, 1.82) is 0 Å². The fourth-order valence-electron chi connectivity index (χ4n) is 3.19. The van der Waals surface area contributed by atoms with Crippen LogP contribution < -0.4 is 0 Å². The Morgan fingerprint density at radius 2 is 1.65 bits per heavy atom. The summed E-state index contributed by atoms with van der Waals surface area (Å²) in [6, 6.07) is 18.0. The first-order valence-corrected chi connectivity index (χ1v) is 7.05. The maximum absolute atomic E-state index is 12.7. The molecule has 0 bridgehead atoms. The normalized spacial score (nSPS) is 18.3. The van der Waals surface area contributed by atoms with E-state index in [-0.39, 0.29) is 17.6 Å². The number of carbonyl (C=O) groups excluding carboxylic acids is 1. The summed E-state index contributed by atoms with van der Waals surface area (Å²) in [6.45, 7) is 4.17. The average molecular weight is 262 g/mol. The van der Waals surface area contributed by atoms with Gasteiger partial charge in [0.15, 0.2) is 5.78 Å². The van der Waals surface area contributed by atoms with E-state index in [0.717, 1.165) is 5.56 Å². The molecular formula is C19H18O. The summed E-state index contributed by atoms with van der Waals surface area (Å²) >= 11 is 0. The Hall–Kier alpha value is -2.15. The molecule has 1 heteroatoms. The molecule has 0 fully saturated rings. The van der Waals surface area contributed by atoms with E-state index < -0.39 is 0 Å². The second-order valence-electron chi connectivity index (χ2n) is 5.51. The average Bonchev–Trinajstić information content (AvgIpc) is 2.82. The number of ketones is 1. The third-order valence-corrected chi connectivity index (χ3v) is 4.18. The molecule has 0 heterocycles. The number of rotatable bonds is 3. The highest BCUT2D eigenvalue weighted by Crippen LogP contribution is 2.41. The van der Waals surface area contributed by atoms with Gasteiger partial charge in [-0.1, -0.05) is 73.2 Å². The molecule has 0 radical (unpaired) electrons. The molecule has 1 aliphatic rings. The Morgan fingerprint density at radius 1 is 1.00 bits per heavy atom. The number of hydrogen-bond donors (Lipinski definition) is 0. The van der Waals surface area contributed by atoms with Gasteiger partial charge in [0, 0.05) is 17.4 Å². The lowest BCUT2D eigenvalue weighted by atomic mass is 9.81. The second kappa shape index (κ2) is 5.09. The summed E-state index contributed by atoms with van der Waals surface area (Å²) in [5.74, 6) is 0.399. The molecule has 0 aromatic heterocycles. The van der Waals surface area contributed by atoms with Gasteiger partial charge in [0.05, 0.1) is 0 Å². The van der Waals surface area contributed by atoms with Gasteiger partial charge in [0.2, 0.25) is 0 Å². The van der Waals surface area contributed by atoms with Crippen LogP contribution in [0.5, 0.6) is 0 Å². The first-order chi connectivity index (χ1) is 9.68. The van der Waals surface area contributed by atoms with Gasteiger partial charge in [0.1, 0.15) is 0 Å². The van der Waals surface area contributed by atoms with Crippen molar-refractivity contribution in [3.05, 3.63) is 76.9 Å². The summed E-state index contributed by atoms with van der Waals surface area (Å²) in [5.41, 5.74) is 4.62. The van der Waals surface area contributed by atoms with Crippen molar-refractivity contribution in [2.45, 2.75) is 19.8 Å². The quantitative estimate of drug-likeness (QED) is 0.732. The van der Waals surface area contributed by atoms with Crippen molar-refractivity contribution >= 4 is 11.9 Å². The van der Waals surface area contributed by atoms with Crippen LogP contribution in [-0.2, 0) is 0 Å². The van der Waals surface area contributed by atoms with E-state index in [0.29, 0.717) is 0 Å². The standard InChI is InChI=1S/C19H18O/c1-13-12-16-10-6-7-11-17(16)18(13)14(2)19(20)15-8-4-3-5-9-15/h3-12,14,18H,1-2H3. The zero-order valence-corrected chi connectivity index (χ0v) is 11.8. The monoisotopic (exact) mass is 262 g/mol. The first kappa shape index (κ1) is 12.9. The van der Waals surface area contributed by atoms with Gasteiger partial charge in [-0.15, -0.1) is 0 Å². The van der Waals surface area contributed by atoms with Gasteiger partial charge in [-0.25, -0.2) is 0 Å². The zero-order chi connectivity index (χ0) is 14.1. The summed E-state index contributed by atoms with van der Waals surface area (Å²) in [5, 5.41) is 0. The van der Waals surface area contributed by atoms with E-state index in [2.05, 4.69) is 37.3 Å². The van der Waals surface area contributed by atoms with Crippen molar-refractivity contribution in [2.75, 3.05) is 0 Å². The van der Waals surface area contributed by atoms with Crippen molar-refractivity contribution in [1.82, 2.24) is 0 Å². The molecule has 0 spiro atoms. The Morgan fingerprint density at radius 3 is 2.40 bits per heavy atom. The molecule has 2 atom stereocenters. The summed E-state index contributed by atoms with van der Waals surface area (Å²) in [6.07, 6.45) is 2.20. The third kappa shape index (κ3) is 2.09. The van der Waals surface area contributed by atoms with Gasteiger partial charge >= 0.3 is 0 Å². The number of Topliss-reactive ketones (excluding diaryl/α,β-unsaturated/α-hetero) is 1. The largest absolute Gasteiger partial charge is 0.294 e. The van der Waals surface area contributed by atoms with Gasteiger partial charge in [-0.2, -0.15) is 0 Å². The summed E-state index contributed by atoms with van der Waals surface area (Å²) in [7, 11) is 0. The van der Waals surface area contributed by atoms with Crippen LogP contribution in [-0.4, -0.2) is 5.78 Å². The van der Waals surface area contributed by atoms with Gasteiger partial charge < -0.3 is 0 Å². The van der Waals surface area contributed by atoms with Crippen LogP contribution in [0.4, 0.5) is 0 Å². The van der Waals surface area contributed by atoms with Crippen LogP contribution in [0.3, 0.4) is 0 Å². The fraction of sp³-hybridized carbons (Fsp3) is 0.211. The molecule has 0 saturated heterocycles. The maximum Gasteiger partial charge on any atom is 0.166 e. The molecule has 0 saturated carbocycles. The highest BCUT2D eigenvalue weighted by molar-refractivity contribution is 5.98. The Kier molecular flexibility index (Phi) is 3.27. The number of hydrogen-bond acceptors (Lipinski definition) is 1. The van der Waals surface area contributed by atoms with Gasteiger partial charge in [-0.05, 0) is 18.1 Å². The van der Waals surface area contributed by atoms with Crippen molar-refractivity contribution in [3.8, 4) is 0 Å². The van der Waals surface area contributed by atoms with E-state index in [1.54, 1.807) is 0 Å². The molecule has 100 valence electrons. The minimum Gasteiger partial charge on any atom is -0.294 e. The van der Waals surface area contributed by atoms with E-state index in [1.807, 2.05) is 37.3 Å². The Balaban J connectivity index is 1.94. The van der Waals surface area contributed by atoms with Crippen LogP contribution in [0.15, 0.2) is 60.2 Å². The van der Waals surface area contributed by atoms with Gasteiger partial charge in [-0.3, -0.25) is 4.79 Å². The van der Waals surface area contributed by atoms with E-state index >= 15 is 0 Å². The van der Waals surface area contributed by atoms with Crippen molar-refractivity contribution in [3.63, 3.8) is 0 Å². The van der Waals surface area contributed by atoms with Crippen LogP contribution in [0.2, 0.25) is 0 Å². The fourth-order valence-corrected chi connectivity index (χ4v) is 3.19. The summed E-state index contributed by atoms with van der Waals surface area (Å²) in [4.78, 5) is 12.7. The number of carbonyl (C=O) groups is 1. The highest BCUT2D eigenvalue weighted by atomic mass is 16.1. The second-order valence-corrected chi connectivity index (χ2v) is 5.51. The van der Waals surface area contributed by atoms with E-state index in [4.69, 9.17) is 0 Å². The van der Waals surface area contributed by atoms with Crippen LogP contribution in [0, 0.1) is 5.92 Å². The lowest BCUT2D eigenvalue weighted by Crippen LogP contribution is -2.19. The molecule has 0 aliphatic heterocycles. The Bertz CT molecular complexity index is 667. The minimum absolute atomic E-state index is 0.0303. The molecule has 2 aromatic carbocycles. The van der Waals surface area contributed by atoms with Crippen molar-refractivity contribution in [2.24, 2.45) is 5.92 Å². The summed E-state index contributed by atoms with van der Waals surface area (Å²) < 4.78 is 0. The maximum atomic E-state index is 12.7. The molecule has 2 unspecified atom stereocenters. The van der Waals surface area contributed by atoms with E-state index in [9.17, 15) is 4.79 Å². The third-order valence-electron chi connectivity index (χ3n) is 4.18. The van der Waals surface area contributed by atoms with Gasteiger partial charge in [0.25, 0.3) is 0 Å². The lowest BCUT2D eigenvalue weighted by Gasteiger charge is -2.21. The SMILES string of the molecule is CC1=Cc2ccccc2C1C(C)C(=O)c1ccccc1. The van der Waals surface area contributed by atoms with Crippen molar-refractivity contribution < 1.29 is 4.79 Å². The molecule has 2 aromatic rings. The number of benzene rings is 2. The zero-order valence-electron chi connectivity index (χ0n) is 11.8. The number of allylic oxidation sites excluding steroid dienone is 1. The molecule has 1 aliphatic carbocycles. The lowest BCUT2D eigenvalue weighted by molar-refractivity contribution is 0.0919. The topological polar surface area (TPSA) is 17.1 Å². The van der Waals surface area contributed by atoms with Crippen LogP contribution in [0.1, 0.15) is 41.3 Å². The molecule has 0 amide bonds. The van der Waals surface area contributed by atoms with Crippen LogP contribution >= 0.6 is 0 Å². The first-order valence-electron chi connectivity index (χ1n) is 7.05. The molecular weight excluding hydrogens is 244 g/mol.